The van der Waals surface area contributed by atoms with Gasteiger partial charge in [-0.1, -0.05) is 301 Å². The zero-order valence-corrected chi connectivity index (χ0v) is 47.3. The van der Waals surface area contributed by atoms with Crippen LogP contribution in [-0.2, 0) is 14.3 Å². The Balaban J connectivity index is 3.48. The molecule has 0 spiro atoms. The Morgan fingerprint density at radius 1 is 0.386 bits per heavy atom. The molecule has 0 aliphatic rings. The van der Waals surface area contributed by atoms with Gasteiger partial charge in [0.25, 0.3) is 0 Å². The summed E-state index contributed by atoms with van der Waals surface area (Å²) in [5, 5.41) is 23.2. The predicted molar refractivity (Wildman–Crippen MR) is 306 cm³/mol. The van der Waals surface area contributed by atoms with Crippen molar-refractivity contribution in [2.24, 2.45) is 0 Å². The highest BCUT2D eigenvalue weighted by molar-refractivity contribution is 5.76. The Hall–Kier alpha value is -1.66. The van der Waals surface area contributed by atoms with Gasteiger partial charge in [-0.3, -0.25) is 9.59 Å². The number of hydrogen-bond donors (Lipinski definition) is 3. The third-order valence-corrected chi connectivity index (χ3v) is 14.7. The topological polar surface area (TPSA) is 95.9 Å². The van der Waals surface area contributed by atoms with Crippen molar-refractivity contribution in [1.82, 2.24) is 5.32 Å². The van der Waals surface area contributed by atoms with Crippen molar-refractivity contribution >= 4 is 11.9 Å². The van der Waals surface area contributed by atoms with E-state index in [1.54, 1.807) is 6.08 Å². The third kappa shape index (κ3) is 55.7. The minimum absolute atomic E-state index is 0.0202. The van der Waals surface area contributed by atoms with E-state index in [0.717, 1.165) is 57.8 Å². The van der Waals surface area contributed by atoms with Gasteiger partial charge in [-0.25, -0.2) is 0 Å². The SMILES string of the molecule is CCCCCCCC/C=C\CCCCCCCCCCCC(=O)OCCCCCCCCCCCCC(=O)NC(CO)C(O)/C=C/CCCCCCCCCCCCCCCCCCCCCCCC. The van der Waals surface area contributed by atoms with Crippen LogP contribution in [0.25, 0.3) is 0 Å². The van der Waals surface area contributed by atoms with Crippen LogP contribution in [0.2, 0.25) is 0 Å². The molecule has 0 aromatic heterocycles. The molecule has 0 heterocycles. The van der Waals surface area contributed by atoms with Gasteiger partial charge < -0.3 is 20.3 Å². The van der Waals surface area contributed by atoms with E-state index in [-0.39, 0.29) is 18.5 Å². The van der Waals surface area contributed by atoms with Crippen LogP contribution in [-0.4, -0.2) is 47.4 Å². The summed E-state index contributed by atoms with van der Waals surface area (Å²) in [5.41, 5.74) is 0. The molecule has 0 saturated heterocycles. The van der Waals surface area contributed by atoms with Crippen LogP contribution in [0.3, 0.4) is 0 Å². The highest BCUT2D eigenvalue weighted by Gasteiger charge is 2.18. The van der Waals surface area contributed by atoms with Gasteiger partial charge in [-0.15, -0.1) is 0 Å². The van der Waals surface area contributed by atoms with Crippen LogP contribution in [0.1, 0.15) is 348 Å². The first kappa shape index (κ1) is 68.3. The van der Waals surface area contributed by atoms with Crippen molar-refractivity contribution in [3.8, 4) is 0 Å². The molecule has 0 bridgehead atoms. The molecule has 0 saturated carbocycles. The normalized spacial score (nSPS) is 12.7. The van der Waals surface area contributed by atoms with Crippen molar-refractivity contribution in [3.05, 3.63) is 24.3 Å². The van der Waals surface area contributed by atoms with Crippen LogP contribution in [0.4, 0.5) is 0 Å². The van der Waals surface area contributed by atoms with Gasteiger partial charge in [-0.05, 0) is 57.8 Å². The maximum atomic E-state index is 12.5. The lowest BCUT2D eigenvalue weighted by Gasteiger charge is -2.20. The monoisotopic (exact) mass is 986 g/mol. The second-order valence-corrected chi connectivity index (χ2v) is 21.7. The average molecular weight is 987 g/mol. The first-order valence-electron chi connectivity index (χ1n) is 31.6. The molecule has 0 aliphatic heterocycles. The molecule has 0 aromatic carbocycles. The molecule has 414 valence electrons. The van der Waals surface area contributed by atoms with Gasteiger partial charge in [0.1, 0.15) is 0 Å². The molecular weight excluding hydrogens is 863 g/mol. The van der Waals surface area contributed by atoms with E-state index in [2.05, 4.69) is 31.3 Å². The van der Waals surface area contributed by atoms with Crippen LogP contribution < -0.4 is 5.32 Å². The summed E-state index contributed by atoms with van der Waals surface area (Å²) in [6.07, 6.45) is 73.6. The minimum Gasteiger partial charge on any atom is -0.466 e. The highest BCUT2D eigenvalue weighted by Crippen LogP contribution is 2.18. The van der Waals surface area contributed by atoms with Crippen molar-refractivity contribution < 1.29 is 24.5 Å². The molecule has 0 fully saturated rings. The Kier molecular flexibility index (Phi) is 58.5. The van der Waals surface area contributed by atoms with Gasteiger partial charge in [0.2, 0.25) is 5.91 Å². The van der Waals surface area contributed by atoms with Gasteiger partial charge in [0, 0.05) is 12.8 Å². The molecule has 2 atom stereocenters. The number of hydrogen-bond acceptors (Lipinski definition) is 5. The largest absolute Gasteiger partial charge is 0.466 e. The number of ether oxygens (including phenoxy) is 1. The second-order valence-electron chi connectivity index (χ2n) is 21.7. The van der Waals surface area contributed by atoms with Gasteiger partial charge in [-0.2, -0.15) is 0 Å². The summed E-state index contributed by atoms with van der Waals surface area (Å²) in [5.74, 6) is -0.107. The summed E-state index contributed by atoms with van der Waals surface area (Å²) in [6.45, 7) is 4.88. The molecule has 0 aliphatic carbocycles. The number of esters is 1. The quantitative estimate of drug-likeness (QED) is 0.0321. The Morgan fingerprint density at radius 2 is 0.671 bits per heavy atom. The number of nitrogens with one attached hydrogen (secondary N) is 1. The van der Waals surface area contributed by atoms with E-state index in [1.807, 2.05) is 6.08 Å². The number of rotatable bonds is 59. The molecule has 2 unspecified atom stereocenters. The van der Waals surface area contributed by atoms with Crippen molar-refractivity contribution in [3.63, 3.8) is 0 Å². The van der Waals surface area contributed by atoms with Crippen LogP contribution in [0.5, 0.6) is 0 Å². The summed E-state index contributed by atoms with van der Waals surface area (Å²) in [4.78, 5) is 24.6. The summed E-state index contributed by atoms with van der Waals surface area (Å²) in [7, 11) is 0. The molecule has 70 heavy (non-hydrogen) atoms. The standard InChI is InChI=1S/C64H123NO5/c1-3-5-7-9-11-13-15-17-19-21-23-24-25-26-27-29-30-32-34-36-40-44-48-52-56-62(67)61(60-66)65-63(68)57-53-49-45-41-38-39-43-47-51-55-59-70-64(69)58-54-50-46-42-37-35-33-31-28-22-20-18-16-14-12-10-8-6-4-2/h18,20,52,56,61-62,66-67H,3-17,19,21-51,53-55,57-60H2,1-2H3,(H,65,68)/b20-18-,56-52+. The molecule has 1 amide bonds. The van der Waals surface area contributed by atoms with Crippen LogP contribution in [0.15, 0.2) is 24.3 Å². The van der Waals surface area contributed by atoms with Crippen LogP contribution in [0, 0.1) is 0 Å². The molecule has 0 rings (SSSR count). The maximum Gasteiger partial charge on any atom is 0.305 e. The van der Waals surface area contributed by atoms with E-state index < -0.39 is 12.1 Å². The van der Waals surface area contributed by atoms with Gasteiger partial charge in [0.05, 0.1) is 25.4 Å². The van der Waals surface area contributed by atoms with Crippen LogP contribution >= 0.6 is 0 Å². The fourth-order valence-corrected chi connectivity index (χ4v) is 9.87. The smallest absolute Gasteiger partial charge is 0.305 e. The molecular formula is C64H123NO5. The lowest BCUT2D eigenvalue weighted by Crippen LogP contribution is -2.45. The van der Waals surface area contributed by atoms with E-state index in [1.165, 1.54) is 263 Å². The summed E-state index contributed by atoms with van der Waals surface area (Å²) < 4.78 is 5.48. The molecule has 3 N–H and O–H groups in total. The number of carbonyl (C=O) groups is 2. The van der Waals surface area contributed by atoms with Crippen molar-refractivity contribution in [2.75, 3.05) is 13.2 Å². The number of allylic oxidation sites excluding steroid dienone is 3. The fraction of sp³-hybridized carbons (Fsp3) is 0.906. The molecule has 6 heteroatoms. The van der Waals surface area contributed by atoms with Gasteiger partial charge in [0.15, 0.2) is 0 Å². The number of carbonyl (C=O) groups excluding carboxylic acids is 2. The highest BCUT2D eigenvalue weighted by atomic mass is 16.5. The Morgan fingerprint density at radius 3 is 1.01 bits per heavy atom. The number of aliphatic hydroxyl groups is 2. The third-order valence-electron chi connectivity index (χ3n) is 14.7. The molecule has 6 nitrogen and oxygen atoms in total. The van der Waals surface area contributed by atoms with Crippen molar-refractivity contribution in [1.29, 1.82) is 0 Å². The van der Waals surface area contributed by atoms with E-state index in [0.29, 0.717) is 19.4 Å². The summed E-state index contributed by atoms with van der Waals surface area (Å²) in [6, 6.07) is -0.646. The predicted octanol–water partition coefficient (Wildman–Crippen LogP) is 19.8. The Bertz CT molecular complexity index is 1090. The first-order valence-corrected chi connectivity index (χ1v) is 31.6. The lowest BCUT2D eigenvalue weighted by molar-refractivity contribution is -0.143. The first-order chi connectivity index (χ1) is 34.5. The Labute approximate surface area is 437 Å². The van der Waals surface area contributed by atoms with E-state index in [4.69, 9.17) is 4.74 Å². The lowest BCUT2D eigenvalue weighted by atomic mass is 10.0. The van der Waals surface area contributed by atoms with Gasteiger partial charge >= 0.3 is 5.97 Å². The zero-order valence-electron chi connectivity index (χ0n) is 47.3. The minimum atomic E-state index is -0.861. The molecule has 0 aromatic rings. The zero-order chi connectivity index (χ0) is 50.7. The summed E-state index contributed by atoms with van der Waals surface area (Å²) >= 11 is 0. The average Bonchev–Trinajstić information content (AvgIpc) is 3.36. The number of unbranched alkanes of at least 4 members (excludes halogenated alkanes) is 46. The number of amides is 1. The number of aliphatic hydroxyl groups excluding tert-OH is 2. The maximum absolute atomic E-state index is 12.5. The fourth-order valence-electron chi connectivity index (χ4n) is 9.87. The van der Waals surface area contributed by atoms with E-state index in [9.17, 15) is 19.8 Å². The molecule has 0 radical (unpaired) electrons. The van der Waals surface area contributed by atoms with Crippen molar-refractivity contribution in [2.45, 2.75) is 360 Å². The van der Waals surface area contributed by atoms with E-state index >= 15 is 0 Å². The second kappa shape index (κ2) is 59.9.